The Morgan fingerprint density at radius 1 is 1.15 bits per heavy atom. The maximum absolute atomic E-state index is 13.9. The first-order valence-electron chi connectivity index (χ1n) is 10.5. The van der Waals surface area contributed by atoms with E-state index in [-0.39, 0.29) is 67.5 Å². The summed E-state index contributed by atoms with van der Waals surface area (Å²) in [4.78, 5) is 21.0. The van der Waals surface area contributed by atoms with Gasteiger partial charge in [0, 0.05) is 50.4 Å². The fourth-order valence-electron chi connectivity index (χ4n) is 3.83. The number of halogens is 5. The Hall–Kier alpha value is -2.69. The second-order valence-electron chi connectivity index (χ2n) is 8.08. The molecule has 0 radical (unpaired) electrons. The number of rotatable bonds is 6. The molecule has 33 heavy (non-hydrogen) atoms. The SMILES string of the molecule is COCCOc1c(-c2cc(C)c(C(F)(F)F)nc2N2CCCC(F)(F)CC2)[nH]c(C)cc1=O. The standard InChI is InChI=1S/C22H26F5N3O3/c1-13-11-15(17-18(33-10-9-32-3)16(31)12-14(2)28-17)20(29-19(13)22(25,26)27)30-7-4-5-21(23,24)6-8-30/h11-12H,4-10H2,1-3H3,(H,28,31). The minimum absolute atomic E-state index is 0.0357. The average Bonchev–Trinajstić information content (AvgIpc) is 2.88. The summed E-state index contributed by atoms with van der Waals surface area (Å²) in [6, 6.07) is 2.57. The van der Waals surface area contributed by atoms with Crippen molar-refractivity contribution < 1.29 is 31.4 Å². The predicted octanol–water partition coefficient (Wildman–Crippen LogP) is 4.72. The quantitative estimate of drug-likeness (QED) is 0.484. The van der Waals surface area contributed by atoms with Gasteiger partial charge in [-0.05, 0) is 31.9 Å². The van der Waals surface area contributed by atoms with Crippen molar-refractivity contribution >= 4 is 5.82 Å². The topological polar surface area (TPSA) is 67.5 Å². The molecule has 1 aliphatic heterocycles. The van der Waals surface area contributed by atoms with E-state index in [9.17, 15) is 26.7 Å². The molecule has 2 aromatic heterocycles. The van der Waals surface area contributed by atoms with Crippen LogP contribution in [0, 0.1) is 13.8 Å². The smallest absolute Gasteiger partial charge is 0.433 e. The third kappa shape index (κ3) is 5.82. The molecule has 2 aromatic rings. The van der Waals surface area contributed by atoms with Crippen molar-refractivity contribution in [2.24, 2.45) is 0 Å². The molecule has 0 saturated carbocycles. The number of methoxy groups -OCH3 is 1. The van der Waals surface area contributed by atoms with Crippen LogP contribution in [0.3, 0.4) is 0 Å². The minimum Gasteiger partial charge on any atom is -0.485 e. The highest BCUT2D eigenvalue weighted by molar-refractivity contribution is 5.78. The van der Waals surface area contributed by atoms with Gasteiger partial charge in [-0.15, -0.1) is 0 Å². The Labute approximate surface area is 187 Å². The zero-order chi connectivity index (χ0) is 24.4. The number of anilines is 1. The van der Waals surface area contributed by atoms with E-state index in [4.69, 9.17) is 9.47 Å². The van der Waals surface area contributed by atoms with E-state index in [1.165, 1.54) is 31.1 Å². The Kier molecular flexibility index (Phi) is 7.30. The monoisotopic (exact) mass is 475 g/mol. The van der Waals surface area contributed by atoms with Crippen molar-refractivity contribution in [3.05, 3.63) is 39.3 Å². The number of nitrogens with one attached hydrogen (secondary N) is 1. The molecule has 182 valence electrons. The van der Waals surface area contributed by atoms with Gasteiger partial charge < -0.3 is 19.4 Å². The van der Waals surface area contributed by atoms with E-state index < -0.39 is 29.6 Å². The van der Waals surface area contributed by atoms with E-state index >= 15 is 0 Å². The Morgan fingerprint density at radius 3 is 2.55 bits per heavy atom. The molecule has 11 heteroatoms. The van der Waals surface area contributed by atoms with Crippen LogP contribution in [0.5, 0.6) is 5.75 Å². The fourth-order valence-corrected chi connectivity index (χ4v) is 3.83. The number of pyridine rings is 2. The molecule has 3 heterocycles. The summed E-state index contributed by atoms with van der Waals surface area (Å²) < 4.78 is 79.4. The summed E-state index contributed by atoms with van der Waals surface area (Å²) in [6.07, 6.45) is -5.51. The Bertz CT molecular complexity index is 1050. The van der Waals surface area contributed by atoms with Crippen molar-refractivity contribution in [1.82, 2.24) is 9.97 Å². The zero-order valence-corrected chi connectivity index (χ0v) is 18.6. The van der Waals surface area contributed by atoms with Gasteiger partial charge in [-0.1, -0.05) is 0 Å². The largest absolute Gasteiger partial charge is 0.485 e. The van der Waals surface area contributed by atoms with E-state index in [1.54, 1.807) is 6.92 Å². The van der Waals surface area contributed by atoms with Crippen molar-refractivity contribution in [1.29, 1.82) is 0 Å². The highest BCUT2D eigenvalue weighted by atomic mass is 19.4. The first-order valence-corrected chi connectivity index (χ1v) is 10.5. The average molecular weight is 475 g/mol. The number of aromatic amines is 1. The summed E-state index contributed by atoms with van der Waals surface area (Å²) in [5, 5.41) is 0. The number of H-pyrrole nitrogens is 1. The molecule has 6 nitrogen and oxygen atoms in total. The number of ether oxygens (including phenoxy) is 2. The first-order chi connectivity index (χ1) is 15.4. The second-order valence-corrected chi connectivity index (χ2v) is 8.08. The van der Waals surface area contributed by atoms with Gasteiger partial charge in [0.15, 0.2) is 5.75 Å². The molecule has 1 saturated heterocycles. The van der Waals surface area contributed by atoms with Gasteiger partial charge in [0.25, 0.3) is 0 Å². The number of alkyl halides is 5. The van der Waals surface area contributed by atoms with Gasteiger partial charge in [-0.2, -0.15) is 13.2 Å². The van der Waals surface area contributed by atoms with E-state index in [0.29, 0.717) is 5.69 Å². The summed E-state index contributed by atoms with van der Waals surface area (Å²) in [7, 11) is 1.46. The van der Waals surface area contributed by atoms with E-state index in [0.717, 1.165) is 0 Å². The lowest BCUT2D eigenvalue weighted by Crippen LogP contribution is -2.28. The Morgan fingerprint density at radius 2 is 1.88 bits per heavy atom. The third-order valence-corrected chi connectivity index (χ3v) is 5.40. The summed E-state index contributed by atoms with van der Waals surface area (Å²) >= 11 is 0. The van der Waals surface area contributed by atoms with Crippen LogP contribution in [0.15, 0.2) is 16.9 Å². The molecule has 0 spiro atoms. The maximum atomic E-state index is 13.9. The minimum atomic E-state index is -4.73. The van der Waals surface area contributed by atoms with Crippen molar-refractivity contribution in [3.8, 4) is 17.0 Å². The van der Waals surface area contributed by atoms with Crippen LogP contribution in [0.4, 0.5) is 27.8 Å². The number of hydrogen-bond donors (Lipinski definition) is 1. The molecular formula is C22H26F5N3O3. The normalized spacial score (nSPS) is 16.5. The van der Waals surface area contributed by atoms with Gasteiger partial charge in [0.1, 0.15) is 18.1 Å². The van der Waals surface area contributed by atoms with Crippen LogP contribution in [0.25, 0.3) is 11.3 Å². The summed E-state index contributed by atoms with van der Waals surface area (Å²) in [6.45, 7) is 3.04. The fraction of sp³-hybridized carbons (Fsp3) is 0.545. The lowest BCUT2D eigenvalue weighted by Gasteiger charge is -2.26. The molecule has 1 fully saturated rings. The van der Waals surface area contributed by atoms with Gasteiger partial charge in [-0.3, -0.25) is 4.79 Å². The molecule has 0 aromatic carbocycles. The van der Waals surface area contributed by atoms with Crippen molar-refractivity contribution in [2.75, 3.05) is 38.3 Å². The second kappa shape index (κ2) is 9.66. The molecule has 0 unspecified atom stereocenters. The van der Waals surface area contributed by atoms with Crippen LogP contribution in [-0.4, -0.2) is 49.3 Å². The maximum Gasteiger partial charge on any atom is 0.433 e. The molecule has 0 atom stereocenters. The summed E-state index contributed by atoms with van der Waals surface area (Å²) in [5.41, 5.74) is -0.950. The van der Waals surface area contributed by atoms with Crippen LogP contribution < -0.4 is 15.1 Å². The van der Waals surface area contributed by atoms with E-state index in [1.807, 2.05) is 0 Å². The Balaban J connectivity index is 2.21. The molecule has 0 aliphatic carbocycles. The number of nitrogens with zero attached hydrogens (tertiary/aromatic N) is 2. The summed E-state index contributed by atoms with van der Waals surface area (Å²) in [5.74, 6) is -3.12. The number of aryl methyl sites for hydroxylation is 2. The van der Waals surface area contributed by atoms with Crippen molar-refractivity contribution in [2.45, 2.75) is 45.2 Å². The van der Waals surface area contributed by atoms with Crippen LogP contribution in [0.2, 0.25) is 0 Å². The molecule has 3 rings (SSSR count). The van der Waals surface area contributed by atoms with Crippen LogP contribution in [-0.2, 0) is 10.9 Å². The van der Waals surface area contributed by atoms with Crippen molar-refractivity contribution in [3.63, 3.8) is 0 Å². The molecule has 0 bridgehead atoms. The third-order valence-electron chi connectivity index (χ3n) is 5.40. The number of aromatic nitrogens is 2. The van der Waals surface area contributed by atoms with Gasteiger partial charge in [0.05, 0.1) is 12.3 Å². The van der Waals surface area contributed by atoms with Crippen LogP contribution in [0.1, 0.15) is 36.2 Å². The molecule has 1 aliphatic rings. The van der Waals surface area contributed by atoms with Gasteiger partial charge >= 0.3 is 6.18 Å². The number of hydrogen-bond acceptors (Lipinski definition) is 5. The molecule has 0 amide bonds. The lowest BCUT2D eigenvalue weighted by molar-refractivity contribution is -0.141. The van der Waals surface area contributed by atoms with Gasteiger partial charge in [-0.25, -0.2) is 13.8 Å². The van der Waals surface area contributed by atoms with Crippen LogP contribution >= 0.6 is 0 Å². The van der Waals surface area contributed by atoms with Gasteiger partial charge in [0.2, 0.25) is 11.4 Å². The first kappa shape index (κ1) is 24.9. The molecular weight excluding hydrogens is 449 g/mol. The lowest BCUT2D eigenvalue weighted by atomic mass is 10.0. The molecule has 1 N–H and O–H groups in total. The van der Waals surface area contributed by atoms with E-state index in [2.05, 4.69) is 9.97 Å². The highest BCUT2D eigenvalue weighted by Crippen LogP contribution is 2.40. The predicted molar refractivity (Wildman–Crippen MR) is 113 cm³/mol. The zero-order valence-electron chi connectivity index (χ0n) is 18.6. The highest BCUT2D eigenvalue weighted by Gasteiger charge is 2.38.